The van der Waals surface area contributed by atoms with Gasteiger partial charge in [-0.25, -0.2) is 4.98 Å². The summed E-state index contributed by atoms with van der Waals surface area (Å²) in [4.78, 5) is 8.63. The van der Waals surface area contributed by atoms with Gasteiger partial charge >= 0.3 is 0 Å². The van der Waals surface area contributed by atoms with Gasteiger partial charge in [-0.3, -0.25) is 0 Å². The summed E-state index contributed by atoms with van der Waals surface area (Å²) in [5.41, 5.74) is 1.18. The maximum atomic E-state index is 5.87. The fraction of sp³-hybridized carbons (Fsp3) is 0.545. The number of likely N-dealkylation sites (N-methyl/N-ethyl adjacent to an activating group) is 1. The Labute approximate surface area is 95.7 Å². The third kappa shape index (κ3) is 2.41. The smallest absolute Gasteiger partial charge is 0.131 e. The molecule has 0 spiro atoms. The van der Waals surface area contributed by atoms with Gasteiger partial charge in [-0.15, -0.1) is 0 Å². The van der Waals surface area contributed by atoms with E-state index in [2.05, 4.69) is 28.9 Å². The molecule has 1 fully saturated rings. The van der Waals surface area contributed by atoms with E-state index in [0.717, 1.165) is 13.1 Å². The Morgan fingerprint density at radius 2 is 2.33 bits per heavy atom. The fourth-order valence-electron chi connectivity index (χ4n) is 1.99. The summed E-state index contributed by atoms with van der Waals surface area (Å²) in [5, 5.41) is 0.570. The zero-order valence-electron chi connectivity index (χ0n) is 9.15. The Bertz CT molecular complexity index is 340. The molecule has 82 valence electrons. The maximum Gasteiger partial charge on any atom is 0.131 e. The van der Waals surface area contributed by atoms with Gasteiger partial charge in [0.25, 0.3) is 0 Å². The highest BCUT2D eigenvalue weighted by Crippen LogP contribution is 2.23. The summed E-state index contributed by atoms with van der Waals surface area (Å²) in [5.74, 6) is 0. The van der Waals surface area contributed by atoms with Gasteiger partial charge in [0.1, 0.15) is 5.15 Å². The van der Waals surface area contributed by atoms with E-state index in [0.29, 0.717) is 11.2 Å². The number of nitrogens with zero attached hydrogens (tertiary/aromatic N) is 3. The second-order valence-electron chi connectivity index (χ2n) is 4.19. The first-order valence-electron chi connectivity index (χ1n) is 5.20. The second-order valence-corrected chi connectivity index (χ2v) is 4.58. The number of pyridine rings is 1. The molecule has 15 heavy (non-hydrogen) atoms. The summed E-state index contributed by atoms with van der Waals surface area (Å²) >= 11 is 5.87. The lowest BCUT2D eigenvalue weighted by Gasteiger charge is -2.21. The van der Waals surface area contributed by atoms with Crippen molar-refractivity contribution < 1.29 is 0 Å². The van der Waals surface area contributed by atoms with E-state index >= 15 is 0 Å². The predicted octanol–water partition coefficient (Wildman–Crippen LogP) is 1.88. The highest BCUT2D eigenvalue weighted by molar-refractivity contribution is 6.29. The van der Waals surface area contributed by atoms with Crippen LogP contribution in [0.25, 0.3) is 0 Å². The monoisotopic (exact) mass is 225 g/mol. The normalized spacial score (nSPS) is 21.3. The standard InChI is InChI=1S/C11H16ClN3/c1-14(2)10-4-6-15(8-10)9-3-5-13-11(12)7-9/h3,5,7,10H,4,6,8H2,1-2H3. The Balaban J connectivity index is 2.08. The molecular formula is C11H16ClN3. The van der Waals surface area contributed by atoms with Crippen molar-refractivity contribution >= 4 is 17.3 Å². The molecule has 1 aliphatic heterocycles. The summed E-state index contributed by atoms with van der Waals surface area (Å²) < 4.78 is 0. The van der Waals surface area contributed by atoms with Crippen LogP contribution in [0.5, 0.6) is 0 Å². The van der Waals surface area contributed by atoms with Gasteiger partial charge in [0, 0.05) is 31.0 Å². The Morgan fingerprint density at radius 3 is 2.93 bits per heavy atom. The Hall–Kier alpha value is -0.800. The molecule has 0 saturated carbocycles. The van der Waals surface area contributed by atoms with Gasteiger partial charge in [0.05, 0.1) is 0 Å². The van der Waals surface area contributed by atoms with Gasteiger partial charge in [-0.05, 0) is 32.6 Å². The van der Waals surface area contributed by atoms with Crippen molar-refractivity contribution in [3.8, 4) is 0 Å². The van der Waals surface area contributed by atoms with Crippen LogP contribution < -0.4 is 4.90 Å². The van der Waals surface area contributed by atoms with Crippen molar-refractivity contribution in [2.45, 2.75) is 12.5 Å². The molecule has 1 aliphatic rings. The fourth-order valence-corrected chi connectivity index (χ4v) is 2.15. The molecule has 0 aromatic carbocycles. The molecule has 0 aliphatic carbocycles. The minimum atomic E-state index is 0.570. The molecular weight excluding hydrogens is 210 g/mol. The highest BCUT2D eigenvalue weighted by Gasteiger charge is 2.23. The Morgan fingerprint density at radius 1 is 1.53 bits per heavy atom. The zero-order valence-corrected chi connectivity index (χ0v) is 9.91. The topological polar surface area (TPSA) is 19.4 Å². The van der Waals surface area contributed by atoms with Gasteiger partial charge in [0.15, 0.2) is 0 Å². The molecule has 2 rings (SSSR count). The van der Waals surface area contributed by atoms with Crippen molar-refractivity contribution in [3.05, 3.63) is 23.5 Å². The molecule has 0 amide bonds. The van der Waals surface area contributed by atoms with Gasteiger partial charge in [-0.1, -0.05) is 11.6 Å². The molecule has 1 aromatic rings. The van der Waals surface area contributed by atoms with Crippen molar-refractivity contribution in [3.63, 3.8) is 0 Å². The van der Waals surface area contributed by atoms with Crippen LogP contribution in [0, 0.1) is 0 Å². The molecule has 4 heteroatoms. The first-order valence-corrected chi connectivity index (χ1v) is 5.57. The van der Waals surface area contributed by atoms with E-state index in [-0.39, 0.29) is 0 Å². The van der Waals surface area contributed by atoms with Gasteiger partial charge in [0.2, 0.25) is 0 Å². The molecule has 1 atom stereocenters. The highest BCUT2D eigenvalue weighted by atomic mass is 35.5. The van der Waals surface area contributed by atoms with Crippen LogP contribution in [0.15, 0.2) is 18.3 Å². The number of hydrogen-bond donors (Lipinski definition) is 0. The van der Waals surface area contributed by atoms with Crippen LogP contribution in [-0.4, -0.2) is 43.1 Å². The predicted molar refractivity (Wildman–Crippen MR) is 63.6 cm³/mol. The SMILES string of the molecule is CN(C)C1CCN(c2ccnc(Cl)c2)C1. The van der Waals surface area contributed by atoms with E-state index in [9.17, 15) is 0 Å². The van der Waals surface area contributed by atoms with Crippen LogP contribution in [0.4, 0.5) is 5.69 Å². The average Bonchev–Trinajstić information content (AvgIpc) is 2.66. The quantitative estimate of drug-likeness (QED) is 0.717. The Kier molecular flexibility index (Phi) is 3.12. The summed E-state index contributed by atoms with van der Waals surface area (Å²) in [6.07, 6.45) is 2.98. The van der Waals surface area contributed by atoms with E-state index in [1.54, 1.807) is 6.20 Å². The lowest BCUT2D eigenvalue weighted by Crippen LogP contribution is -2.31. The zero-order chi connectivity index (χ0) is 10.8. The third-order valence-electron chi connectivity index (χ3n) is 2.97. The largest absolute Gasteiger partial charge is 0.370 e. The summed E-state index contributed by atoms with van der Waals surface area (Å²) in [6.45, 7) is 2.18. The van der Waals surface area contributed by atoms with Crippen molar-refractivity contribution in [2.24, 2.45) is 0 Å². The molecule has 2 heterocycles. The third-order valence-corrected chi connectivity index (χ3v) is 3.18. The number of halogens is 1. The van der Waals surface area contributed by atoms with Gasteiger partial charge in [-0.2, -0.15) is 0 Å². The van der Waals surface area contributed by atoms with Gasteiger partial charge < -0.3 is 9.80 Å². The van der Waals surface area contributed by atoms with E-state index < -0.39 is 0 Å². The summed E-state index contributed by atoms with van der Waals surface area (Å²) in [6, 6.07) is 4.60. The first-order chi connectivity index (χ1) is 7.16. The number of rotatable bonds is 2. The molecule has 0 bridgehead atoms. The molecule has 1 saturated heterocycles. The number of anilines is 1. The maximum absolute atomic E-state index is 5.87. The van der Waals surface area contributed by atoms with Crippen LogP contribution in [0.3, 0.4) is 0 Å². The van der Waals surface area contributed by atoms with Crippen LogP contribution in [0.2, 0.25) is 5.15 Å². The van der Waals surface area contributed by atoms with Crippen molar-refractivity contribution in [1.29, 1.82) is 0 Å². The molecule has 0 radical (unpaired) electrons. The number of hydrogen-bond acceptors (Lipinski definition) is 3. The molecule has 3 nitrogen and oxygen atoms in total. The lowest BCUT2D eigenvalue weighted by molar-refractivity contribution is 0.315. The van der Waals surface area contributed by atoms with E-state index in [4.69, 9.17) is 11.6 Å². The van der Waals surface area contributed by atoms with Crippen molar-refractivity contribution in [1.82, 2.24) is 9.88 Å². The molecule has 1 aromatic heterocycles. The number of aromatic nitrogens is 1. The first kappa shape index (κ1) is 10.7. The summed E-state index contributed by atoms with van der Waals surface area (Å²) in [7, 11) is 4.27. The molecule has 1 unspecified atom stereocenters. The van der Waals surface area contributed by atoms with Crippen LogP contribution in [-0.2, 0) is 0 Å². The van der Waals surface area contributed by atoms with Crippen molar-refractivity contribution in [2.75, 3.05) is 32.1 Å². The average molecular weight is 226 g/mol. The molecule has 0 N–H and O–H groups in total. The van der Waals surface area contributed by atoms with Crippen LogP contribution >= 0.6 is 11.6 Å². The lowest BCUT2D eigenvalue weighted by atomic mass is 10.2. The minimum Gasteiger partial charge on any atom is -0.370 e. The van der Waals surface area contributed by atoms with Crippen LogP contribution in [0.1, 0.15) is 6.42 Å². The van der Waals surface area contributed by atoms with E-state index in [1.807, 2.05) is 12.1 Å². The second kappa shape index (κ2) is 4.37. The van der Waals surface area contributed by atoms with E-state index in [1.165, 1.54) is 12.1 Å². The minimum absolute atomic E-state index is 0.570.